The largest absolute Gasteiger partial charge is 0.337 e. The molecule has 1 aliphatic heterocycles. The van der Waals surface area contributed by atoms with Crippen molar-refractivity contribution in [2.75, 3.05) is 26.2 Å². The minimum atomic E-state index is -0.339. The molecule has 3 heterocycles. The lowest BCUT2D eigenvalue weighted by atomic mass is 9.95. The van der Waals surface area contributed by atoms with Crippen molar-refractivity contribution in [2.45, 2.75) is 6.42 Å². The Kier molecular flexibility index (Phi) is 6.70. The highest BCUT2D eigenvalue weighted by molar-refractivity contribution is 5.93. The van der Waals surface area contributed by atoms with Crippen LogP contribution in [0.5, 0.6) is 0 Å². The van der Waals surface area contributed by atoms with Gasteiger partial charge >= 0.3 is 0 Å². The van der Waals surface area contributed by atoms with E-state index in [1.54, 1.807) is 46.5 Å². The maximum atomic E-state index is 13.3. The number of hydrogen-bond donors (Lipinski definition) is 0. The minimum absolute atomic E-state index is 0.0491. The van der Waals surface area contributed by atoms with Gasteiger partial charge in [0.15, 0.2) is 0 Å². The lowest BCUT2D eigenvalue weighted by Gasteiger charge is -2.23. The van der Waals surface area contributed by atoms with Gasteiger partial charge in [-0.25, -0.2) is 0 Å². The van der Waals surface area contributed by atoms with E-state index in [4.69, 9.17) is 0 Å². The van der Waals surface area contributed by atoms with Crippen LogP contribution in [-0.2, 0) is 11.2 Å². The van der Waals surface area contributed by atoms with Crippen molar-refractivity contribution in [3.63, 3.8) is 0 Å². The van der Waals surface area contributed by atoms with Gasteiger partial charge in [-0.15, -0.1) is 6.58 Å². The third kappa shape index (κ3) is 4.91. The molecule has 32 heavy (non-hydrogen) atoms. The number of amides is 2. The Hall–Kier alpha value is -3.80. The highest BCUT2D eigenvalue weighted by Crippen LogP contribution is 2.23. The molecule has 1 atom stereocenters. The molecule has 6 nitrogen and oxygen atoms in total. The molecule has 162 valence electrons. The molecule has 0 radical (unpaired) electrons. The maximum absolute atomic E-state index is 13.3. The number of carbonyl (C=O) groups is 2. The van der Waals surface area contributed by atoms with Crippen molar-refractivity contribution < 1.29 is 9.59 Å². The molecule has 2 aromatic heterocycles. The van der Waals surface area contributed by atoms with Crippen LogP contribution < -0.4 is 0 Å². The van der Waals surface area contributed by atoms with Crippen LogP contribution in [0.3, 0.4) is 0 Å². The zero-order chi connectivity index (χ0) is 22.3. The molecule has 0 bridgehead atoms. The summed E-state index contributed by atoms with van der Waals surface area (Å²) in [7, 11) is 0. The van der Waals surface area contributed by atoms with Gasteiger partial charge in [0.1, 0.15) is 5.69 Å². The summed E-state index contributed by atoms with van der Waals surface area (Å²) >= 11 is 0. The molecule has 2 amide bonds. The molecule has 1 fully saturated rings. The molecule has 0 spiro atoms. The van der Waals surface area contributed by atoms with Gasteiger partial charge in [0.25, 0.3) is 5.91 Å². The minimum Gasteiger partial charge on any atom is -0.337 e. The Morgan fingerprint density at radius 2 is 1.94 bits per heavy atom. The number of hydrogen-bond acceptors (Lipinski definition) is 4. The number of pyridine rings is 2. The van der Waals surface area contributed by atoms with E-state index < -0.39 is 0 Å². The van der Waals surface area contributed by atoms with Gasteiger partial charge in [0.05, 0.1) is 5.92 Å². The second kappa shape index (κ2) is 10.0. The molecule has 1 aromatic carbocycles. The summed E-state index contributed by atoms with van der Waals surface area (Å²) in [5, 5.41) is 0. The summed E-state index contributed by atoms with van der Waals surface area (Å²) < 4.78 is 0. The van der Waals surface area contributed by atoms with Crippen LogP contribution in [0.2, 0.25) is 0 Å². The van der Waals surface area contributed by atoms with Crippen LogP contribution in [0.15, 0.2) is 85.8 Å². The Balaban J connectivity index is 1.59. The van der Waals surface area contributed by atoms with E-state index in [2.05, 4.69) is 22.6 Å². The summed E-state index contributed by atoms with van der Waals surface area (Å²) in [5.41, 5.74) is 3.53. The van der Waals surface area contributed by atoms with Crippen molar-refractivity contribution in [3.8, 4) is 11.1 Å². The summed E-state index contributed by atoms with van der Waals surface area (Å²) in [6, 6.07) is 17.4. The Labute approximate surface area is 188 Å². The van der Waals surface area contributed by atoms with E-state index >= 15 is 0 Å². The Bertz CT molecular complexity index is 1090. The van der Waals surface area contributed by atoms with Crippen molar-refractivity contribution in [3.05, 3.63) is 97.1 Å². The predicted octanol–water partition coefficient (Wildman–Crippen LogP) is 3.47. The predicted molar refractivity (Wildman–Crippen MR) is 124 cm³/mol. The summed E-state index contributed by atoms with van der Waals surface area (Å²) in [6.45, 7) is 5.57. The van der Waals surface area contributed by atoms with Crippen molar-refractivity contribution in [2.24, 2.45) is 5.92 Å². The quantitative estimate of drug-likeness (QED) is 0.566. The van der Waals surface area contributed by atoms with E-state index in [0.717, 1.165) is 16.7 Å². The number of aromatic nitrogens is 2. The van der Waals surface area contributed by atoms with Gasteiger partial charge < -0.3 is 9.80 Å². The fourth-order valence-corrected chi connectivity index (χ4v) is 4.07. The first-order valence-corrected chi connectivity index (χ1v) is 10.7. The lowest BCUT2D eigenvalue weighted by Crippen LogP contribution is -2.38. The van der Waals surface area contributed by atoms with Gasteiger partial charge in [0.2, 0.25) is 5.91 Å². The van der Waals surface area contributed by atoms with Crippen LogP contribution in [-0.4, -0.2) is 57.8 Å². The van der Waals surface area contributed by atoms with E-state index in [1.165, 1.54) is 0 Å². The molecule has 1 saturated heterocycles. The van der Waals surface area contributed by atoms with Gasteiger partial charge in [-0.2, -0.15) is 0 Å². The zero-order valence-electron chi connectivity index (χ0n) is 17.9. The number of carbonyl (C=O) groups excluding carboxylic acids is 2. The third-order valence-corrected chi connectivity index (χ3v) is 5.67. The Morgan fingerprint density at radius 3 is 2.69 bits per heavy atom. The summed E-state index contributed by atoms with van der Waals surface area (Å²) in [5.74, 6) is -0.435. The van der Waals surface area contributed by atoms with Crippen molar-refractivity contribution >= 4 is 11.8 Å². The second-order valence-electron chi connectivity index (χ2n) is 7.88. The first-order valence-electron chi connectivity index (χ1n) is 10.7. The average molecular weight is 427 g/mol. The summed E-state index contributed by atoms with van der Waals surface area (Å²) in [6.07, 6.45) is 7.47. The molecule has 6 heteroatoms. The van der Waals surface area contributed by atoms with E-state index in [-0.39, 0.29) is 17.7 Å². The fraction of sp³-hybridized carbons (Fsp3) is 0.231. The van der Waals surface area contributed by atoms with Crippen molar-refractivity contribution in [1.82, 2.24) is 19.8 Å². The first kappa shape index (κ1) is 21.4. The lowest BCUT2D eigenvalue weighted by molar-refractivity contribution is -0.134. The third-order valence-electron chi connectivity index (χ3n) is 5.67. The van der Waals surface area contributed by atoms with E-state index in [0.29, 0.717) is 38.3 Å². The maximum Gasteiger partial charge on any atom is 0.272 e. The van der Waals surface area contributed by atoms with Gasteiger partial charge in [0, 0.05) is 44.8 Å². The van der Waals surface area contributed by atoms with E-state index in [1.807, 2.05) is 36.5 Å². The van der Waals surface area contributed by atoms with Crippen LogP contribution in [0.25, 0.3) is 11.1 Å². The highest BCUT2D eigenvalue weighted by atomic mass is 16.2. The SMILES string of the molecule is C=CCN1CCN(C(=O)c2ccccn2)C[C@H](Cc2cccc(-c3cccnc3)c2)C1=O. The molecule has 0 aliphatic carbocycles. The standard InChI is InChI=1S/C26H26N4O2/c1-2-13-29-14-15-30(26(32)24-10-3-4-12-28-24)19-23(25(29)31)17-20-7-5-8-21(16-20)22-9-6-11-27-18-22/h2-12,16,18,23H,1,13-15,17,19H2/t23-/m0/s1. The van der Waals surface area contributed by atoms with E-state index in [9.17, 15) is 9.59 Å². The normalized spacial score (nSPS) is 16.5. The highest BCUT2D eigenvalue weighted by Gasteiger charge is 2.32. The van der Waals surface area contributed by atoms with Gasteiger partial charge in [-0.05, 0) is 41.3 Å². The van der Waals surface area contributed by atoms with Crippen molar-refractivity contribution in [1.29, 1.82) is 0 Å². The smallest absolute Gasteiger partial charge is 0.272 e. The number of nitrogens with zero attached hydrogens (tertiary/aromatic N) is 4. The molecule has 0 N–H and O–H groups in total. The number of benzene rings is 1. The second-order valence-corrected chi connectivity index (χ2v) is 7.88. The average Bonchev–Trinajstić information content (AvgIpc) is 2.99. The first-order chi connectivity index (χ1) is 15.7. The molecule has 0 saturated carbocycles. The molecular formula is C26H26N4O2. The number of rotatable bonds is 6. The van der Waals surface area contributed by atoms with Crippen LogP contribution in [0.4, 0.5) is 0 Å². The van der Waals surface area contributed by atoms with Gasteiger partial charge in [-0.3, -0.25) is 19.6 Å². The fourth-order valence-electron chi connectivity index (χ4n) is 4.07. The van der Waals surface area contributed by atoms with Crippen LogP contribution in [0.1, 0.15) is 16.1 Å². The Morgan fingerprint density at radius 1 is 1.06 bits per heavy atom. The molecule has 4 rings (SSSR count). The topological polar surface area (TPSA) is 66.4 Å². The summed E-state index contributed by atoms with van der Waals surface area (Å²) in [4.78, 5) is 38.3. The zero-order valence-corrected chi connectivity index (χ0v) is 17.9. The molecular weight excluding hydrogens is 400 g/mol. The molecule has 0 unspecified atom stereocenters. The van der Waals surface area contributed by atoms with Gasteiger partial charge in [-0.1, -0.05) is 42.5 Å². The molecule has 1 aliphatic rings. The van der Waals surface area contributed by atoms with Crippen LogP contribution >= 0.6 is 0 Å². The monoisotopic (exact) mass is 426 g/mol. The van der Waals surface area contributed by atoms with Crippen LogP contribution in [0, 0.1) is 5.92 Å². The molecule has 3 aromatic rings.